The van der Waals surface area contributed by atoms with Gasteiger partial charge in [-0.05, 0) is 24.2 Å². The molecule has 122 valence electrons. The molecule has 2 rings (SSSR count). The first kappa shape index (κ1) is 19.0. The standard InChI is InChI=1S/C13H18N4O2S2.ClH/c1-17-12(7-8-14)15-16-13(17)20-9-10-3-5-11(6-4-10)21(2,18)19;/h3-6H,7-9,14H2,1-2H3;1H. The van der Waals surface area contributed by atoms with Crippen molar-refractivity contribution in [2.24, 2.45) is 12.8 Å². The highest BCUT2D eigenvalue weighted by molar-refractivity contribution is 7.98. The van der Waals surface area contributed by atoms with Crippen molar-refractivity contribution in [2.45, 2.75) is 22.2 Å². The van der Waals surface area contributed by atoms with Gasteiger partial charge in [0.15, 0.2) is 15.0 Å². The summed E-state index contributed by atoms with van der Waals surface area (Å²) in [5.74, 6) is 1.57. The number of rotatable bonds is 6. The smallest absolute Gasteiger partial charge is 0.191 e. The normalized spacial score (nSPS) is 11.2. The molecule has 0 saturated carbocycles. The van der Waals surface area contributed by atoms with Crippen molar-refractivity contribution in [3.05, 3.63) is 35.7 Å². The number of aromatic nitrogens is 3. The summed E-state index contributed by atoms with van der Waals surface area (Å²) in [6.07, 6.45) is 1.91. The molecule has 1 aromatic heterocycles. The lowest BCUT2D eigenvalue weighted by Crippen LogP contribution is -2.08. The monoisotopic (exact) mass is 362 g/mol. The number of sulfone groups is 1. The van der Waals surface area contributed by atoms with Crippen molar-refractivity contribution < 1.29 is 8.42 Å². The van der Waals surface area contributed by atoms with Crippen LogP contribution >= 0.6 is 24.2 Å². The van der Waals surface area contributed by atoms with Crippen molar-refractivity contribution in [2.75, 3.05) is 12.8 Å². The third-order valence-corrected chi connectivity index (χ3v) is 5.23. The van der Waals surface area contributed by atoms with Gasteiger partial charge in [-0.1, -0.05) is 23.9 Å². The lowest BCUT2D eigenvalue weighted by atomic mass is 10.2. The second-order valence-corrected chi connectivity index (χ2v) is 7.66. The van der Waals surface area contributed by atoms with Crippen molar-refractivity contribution in [1.29, 1.82) is 0 Å². The van der Waals surface area contributed by atoms with Gasteiger partial charge in [0.25, 0.3) is 0 Å². The van der Waals surface area contributed by atoms with Gasteiger partial charge in [0.1, 0.15) is 5.82 Å². The zero-order valence-corrected chi connectivity index (χ0v) is 14.8. The van der Waals surface area contributed by atoms with Crippen LogP contribution in [0.4, 0.5) is 0 Å². The van der Waals surface area contributed by atoms with Gasteiger partial charge >= 0.3 is 0 Å². The second kappa shape index (κ2) is 7.96. The minimum absolute atomic E-state index is 0. The topological polar surface area (TPSA) is 90.9 Å². The van der Waals surface area contributed by atoms with E-state index in [0.29, 0.717) is 23.6 Å². The molecule has 0 aliphatic heterocycles. The minimum atomic E-state index is -3.14. The van der Waals surface area contributed by atoms with Crippen LogP contribution in [-0.2, 0) is 29.1 Å². The maximum Gasteiger partial charge on any atom is 0.191 e. The second-order valence-electron chi connectivity index (χ2n) is 4.70. The first-order valence-corrected chi connectivity index (χ1v) is 9.29. The molecular weight excluding hydrogens is 344 g/mol. The van der Waals surface area contributed by atoms with Gasteiger partial charge in [-0.3, -0.25) is 0 Å². The zero-order chi connectivity index (χ0) is 15.5. The summed E-state index contributed by atoms with van der Waals surface area (Å²) in [5.41, 5.74) is 6.55. The highest BCUT2D eigenvalue weighted by atomic mass is 35.5. The Balaban J connectivity index is 0.00000242. The molecule has 0 atom stereocenters. The van der Waals surface area contributed by atoms with Crippen molar-refractivity contribution in [3.63, 3.8) is 0 Å². The third kappa shape index (κ3) is 4.70. The molecule has 6 nitrogen and oxygen atoms in total. The van der Waals surface area contributed by atoms with Gasteiger partial charge < -0.3 is 10.3 Å². The van der Waals surface area contributed by atoms with Crippen LogP contribution in [0, 0.1) is 0 Å². The Morgan fingerprint density at radius 3 is 2.41 bits per heavy atom. The Morgan fingerprint density at radius 2 is 1.86 bits per heavy atom. The summed E-state index contributed by atoms with van der Waals surface area (Å²) < 4.78 is 24.7. The van der Waals surface area contributed by atoms with Crippen molar-refractivity contribution in [3.8, 4) is 0 Å². The molecule has 1 aromatic carbocycles. The molecule has 22 heavy (non-hydrogen) atoms. The van der Waals surface area contributed by atoms with E-state index >= 15 is 0 Å². The molecule has 0 aliphatic carbocycles. The summed E-state index contributed by atoms with van der Waals surface area (Å²) in [6, 6.07) is 6.89. The van der Waals surface area contributed by atoms with Crippen LogP contribution in [0.5, 0.6) is 0 Å². The van der Waals surface area contributed by atoms with E-state index in [1.165, 1.54) is 6.26 Å². The van der Waals surface area contributed by atoms with Crippen molar-refractivity contribution in [1.82, 2.24) is 14.8 Å². The molecule has 0 fully saturated rings. The van der Waals surface area contributed by atoms with E-state index < -0.39 is 9.84 Å². The molecule has 0 unspecified atom stereocenters. The van der Waals surface area contributed by atoms with Crippen LogP contribution in [0.3, 0.4) is 0 Å². The molecule has 2 N–H and O–H groups in total. The molecule has 1 heterocycles. The summed E-state index contributed by atoms with van der Waals surface area (Å²) in [4.78, 5) is 0.333. The summed E-state index contributed by atoms with van der Waals surface area (Å²) in [7, 11) is -1.22. The van der Waals surface area contributed by atoms with Crippen molar-refractivity contribution >= 4 is 34.0 Å². The average molecular weight is 363 g/mol. The fraction of sp³-hybridized carbons (Fsp3) is 0.385. The van der Waals surface area contributed by atoms with Crippen LogP contribution < -0.4 is 5.73 Å². The van der Waals surface area contributed by atoms with Crippen LogP contribution in [0.15, 0.2) is 34.3 Å². The highest BCUT2D eigenvalue weighted by Gasteiger charge is 2.10. The number of benzene rings is 1. The summed E-state index contributed by atoms with van der Waals surface area (Å²) >= 11 is 1.56. The zero-order valence-electron chi connectivity index (χ0n) is 12.4. The van der Waals surface area contributed by atoms with Gasteiger partial charge in [-0.15, -0.1) is 22.6 Å². The van der Waals surface area contributed by atoms with Crippen LogP contribution in [0.25, 0.3) is 0 Å². The molecular formula is C13H19ClN4O2S2. The van der Waals surface area contributed by atoms with E-state index in [-0.39, 0.29) is 12.4 Å². The highest BCUT2D eigenvalue weighted by Crippen LogP contribution is 2.22. The van der Waals surface area contributed by atoms with Gasteiger partial charge in [0, 0.05) is 25.5 Å². The summed E-state index contributed by atoms with van der Waals surface area (Å²) in [6.45, 7) is 0.545. The first-order valence-electron chi connectivity index (χ1n) is 6.42. The van der Waals surface area contributed by atoms with Crippen LogP contribution in [-0.4, -0.2) is 36.0 Å². The number of nitrogens with zero attached hydrogens (tertiary/aromatic N) is 3. The Hall–Kier alpha value is -1.09. The predicted molar refractivity (Wildman–Crippen MR) is 90.1 cm³/mol. The van der Waals surface area contributed by atoms with Gasteiger partial charge in [-0.25, -0.2) is 8.42 Å². The van der Waals surface area contributed by atoms with E-state index in [9.17, 15) is 8.42 Å². The molecule has 0 bridgehead atoms. The van der Waals surface area contributed by atoms with Gasteiger partial charge in [-0.2, -0.15) is 0 Å². The minimum Gasteiger partial charge on any atom is -0.330 e. The SMILES string of the molecule is Cl.Cn1c(CCN)nnc1SCc1ccc(S(C)(=O)=O)cc1. The molecule has 0 saturated heterocycles. The molecule has 0 amide bonds. The Bertz CT molecular complexity index is 714. The molecule has 0 aliphatic rings. The lowest BCUT2D eigenvalue weighted by Gasteiger charge is -2.04. The molecule has 0 radical (unpaired) electrons. The van der Waals surface area contributed by atoms with Gasteiger partial charge in [0.2, 0.25) is 0 Å². The number of hydrogen-bond acceptors (Lipinski definition) is 6. The lowest BCUT2D eigenvalue weighted by molar-refractivity contribution is 0.602. The number of hydrogen-bond donors (Lipinski definition) is 1. The number of nitrogens with two attached hydrogens (primary N) is 1. The predicted octanol–water partition coefficient (Wildman–Crippen LogP) is 1.43. The molecule has 0 spiro atoms. The fourth-order valence-corrected chi connectivity index (χ4v) is 3.31. The van der Waals surface area contributed by atoms with Gasteiger partial charge in [0.05, 0.1) is 4.90 Å². The summed E-state index contributed by atoms with van der Waals surface area (Å²) in [5, 5.41) is 9.05. The number of halogens is 1. The van der Waals surface area contributed by atoms with E-state index in [2.05, 4.69) is 10.2 Å². The maximum atomic E-state index is 11.4. The molecule has 9 heteroatoms. The van der Waals surface area contributed by atoms with E-state index in [1.807, 2.05) is 23.7 Å². The fourth-order valence-electron chi connectivity index (χ4n) is 1.80. The van der Waals surface area contributed by atoms with E-state index in [1.54, 1.807) is 23.9 Å². The number of thioether (sulfide) groups is 1. The van der Waals surface area contributed by atoms with E-state index in [4.69, 9.17) is 5.73 Å². The quantitative estimate of drug-likeness (QED) is 0.782. The van der Waals surface area contributed by atoms with E-state index in [0.717, 1.165) is 16.5 Å². The Labute approximate surface area is 140 Å². The first-order chi connectivity index (χ1) is 9.91. The Morgan fingerprint density at radius 1 is 1.23 bits per heavy atom. The van der Waals surface area contributed by atoms with Crippen LogP contribution in [0.2, 0.25) is 0 Å². The molecule has 2 aromatic rings. The maximum absolute atomic E-state index is 11.4. The average Bonchev–Trinajstić information content (AvgIpc) is 2.78. The Kier molecular flexibility index (Phi) is 6.86. The third-order valence-electron chi connectivity index (χ3n) is 3.01. The largest absolute Gasteiger partial charge is 0.330 e. The van der Waals surface area contributed by atoms with Crippen LogP contribution in [0.1, 0.15) is 11.4 Å².